The minimum Gasteiger partial charge on any atom is -0.420 e. The Labute approximate surface area is 197 Å². The van der Waals surface area contributed by atoms with Gasteiger partial charge in [-0.3, -0.25) is 4.79 Å². The molecule has 1 fully saturated rings. The Bertz CT molecular complexity index is 1210. The zero-order chi connectivity index (χ0) is 24.5. The molecule has 1 atom stereocenters. The first-order chi connectivity index (χ1) is 16.1. The van der Waals surface area contributed by atoms with E-state index in [1.165, 1.54) is 48.8 Å². The third-order valence-corrected chi connectivity index (χ3v) is 5.20. The summed E-state index contributed by atoms with van der Waals surface area (Å²) < 4.78 is 43.8. The highest BCUT2D eigenvalue weighted by Gasteiger charge is 2.28. The fourth-order valence-corrected chi connectivity index (χ4v) is 3.61. The molecular formula is C22H19ClF3N5O3. The molecule has 1 aromatic carbocycles. The van der Waals surface area contributed by atoms with Crippen LogP contribution >= 0.6 is 11.6 Å². The van der Waals surface area contributed by atoms with Crippen molar-refractivity contribution in [2.24, 2.45) is 0 Å². The molecule has 0 unspecified atom stereocenters. The number of hydrogen-bond donors (Lipinski definition) is 3. The first-order valence-electron chi connectivity index (χ1n) is 10.1. The number of nitrogens with zero attached hydrogens (tertiary/aromatic N) is 3. The number of carbonyl (C=O) groups excluding carboxylic acids is 1. The van der Waals surface area contributed by atoms with Gasteiger partial charge in [-0.1, -0.05) is 0 Å². The van der Waals surface area contributed by atoms with Crippen LogP contribution in [0.4, 0.5) is 30.5 Å². The van der Waals surface area contributed by atoms with Gasteiger partial charge in [0.1, 0.15) is 11.6 Å². The number of amides is 1. The largest absolute Gasteiger partial charge is 0.487 e. The van der Waals surface area contributed by atoms with E-state index in [2.05, 4.69) is 20.0 Å². The summed E-state index contributed by atoms with van der Waals surface area (Å²) in [5, 5.41) is 12.5. The number of aromatic nitrogens is 2. The smallest absolute Gasteiger partial charge is 0.420 e. The molecule has 0 saturated carbocycles. The number of alkyl halides is 3. The van der Waals surface area contributed by atoms with E-state index in [1.807, 2.05) is 4.90 Å². The second kappa shape index (κ2) is 9.35. The number of nitrogens with one attached hydrogen (secondary N) is 1. The molecule has 4 rings (SSSR count). The summed E-state index contributed by atoms with van der Waals surface area (Å²) in [7, 11) is 0. The Morgan fingerprint density at radius 3 is 2.59 bits per heavy atom. The van der Waals surface area contributed by atoms with E-state index >= 15 is 0 Å². The lowest BCUT2D eigenvalue weighted by molar-refractivity contribution is -0.0964. The van der Waals surface area contributed by atoms with Gasteiger partial charge in [0.15, 0.2) is 11.6 Å². The van der Waals surface area contributed by atoms with Crippen molar-refractivity contribution >= 4 is 34.8 Å². The molecule has 1 aliphatic heterocycles. The molecule has 1 saturated heterocycles. The van der Waals surface area contributed by atoms with Crippen molar-refractivity contribution in [2.45, 2.75) is 18.1 Å². The summed E-state index contributed by atoms with van der Waals surface area (Å²) in [6.45, 7) is 0.875. The molecule has 3 heterocycles. The Balaban J connectivity index is 1.62. The Kier molecular flexibility index (Phi) is 6.49. The SMILES string of the molecule is Nc1ncc(-c2cc(C(=O)Nc3ccc(OC(F)(F)Cl)cc3)cnc2N2CC[C@@H](O)C2)cc1F. The molecular weight excluding hydrogens is 475 g/mol. The molecule has 34 heavy (non-hydrogen) atoms. The lowest BCUT2D eigenvalue weighted by Crippen LogP contribution is -2.23. The van der Waals surface area contributed by atoms with Crippen LogP contribution in [0.5, 0.6) is 5.75 Å². The van der Waals surface area contributed by atoms with Gasteiger partial charge in [0, 0.05) is 53.9 Å². The fourth-order valence-electron chi connectivity index (χ4n) is 3.52. The topological polar surface area (TPSA) is 114 Å². The van der Waals surface area contributed by atoms with Crippen LogP contribution < -0.4 is 20.7 Å². The average Bonchev–Trinajstić information content (AvgIpc) is 3.21. The zero-order valence-electron chi connectivity index (χ0n) is 17.5. The quantitative estimate of drug-likeness (QED) is 0.447. The molecule has 1 amide bonds. The van der Waals surface area contributed by atoms with Crippen LogP contribution in [0.15, 0.2) is 48.8 Å². The molecule has 12 heteroatoms. The van der Waals surface area contributed by atoms with Gasteiger partial charge in [0.2, 0.25) is 0 Å². The molecule has 1 aliphatic rings. The molecule has 0 spiro atoms. The summed E-state index contributed by atoms with van der Waals surface area (Å²) in [5.74, 6) is -1.24. The maximum atomic E-state index is 14.1. The highest BCUT2D eigenvalue weighted by atomic mass is 35.5. The molecule has 0 aliphatic carbocycles. The number of aliphatic hydroxyl groups excluding tert-OH is 1. The van der Waals surface area contributed by atoms with Crippen LogP contribution in [0.1, 0.15) is 16.8 Å². The predicted molar refractivity (Wildman–Crippen MR) is 120 cm³/mol. The number of pyridine rings is 2. The van der Waals surface area contributed by atoms with Gasteiger partial charge in [-0.2, -0.15) is 0 Å². The van der Waals surface area contributed by atoms with Crippen molar-refractivity contribution < 1.29 is 27.8 Å². The number of rotatable bonds is 6. The van der Waals surface area contributed by atoms with Gasteiger partial charge in [-0.25, -0.2) is 14.4 Å². The number of carbonyl (C=O) groups is 1. The van der Waals surface area contributed by atoms with Crippen molar-refractivity contribution in [2.75, 3.05) is 29.0 Å². The number of anilines is 3. The van der Waals surface area contributed by atoms with E-state index in [4.69, 9.17) is 17.3 Å². The number of aliphatic hydroxyl groups is 1. The standard InChI is InChI=1S/C22H19ClF3N5O3/c23-22(25,26)34-16-3-1-14(2-4-16)30-21(33)13-7-17(12-8-18(24)19(27)28-9-12)20(29-10-13)31-6-5-15(32)11-31/h1-4,7-10,15,32H,5-6,11H2,(H2,27,28)(H,30,33)/t15-/m1/s1. The van der Waals surface area contributed by atoms with Crippen molar-refractivity contribution in [1.29, 1.82) is 0 Å². The number of β-amino-alcohol motifs (C(OH)–C–C–N with tert-alkyl or cyclic N) is 1. The van der Waals surface area contributed by atoms with Gasteiger partial charge in [-0.05, 0) is 42.8 Å². The van der Waals surface area contributed by atoms with Crippen LogP contribution in [0.3, 0.4) is 0 Å². The first kappa shape index (κ1) is 23.6. The number of nitrogens with two attached hydrogens (primary N) is 1. The molecule has 0 radical (unpaired) electrons. The van der Waals surface area contributed by atoms with Crippen molar-refractivity contribution in [1.82, 2.24) is 9.97 Å². The van der Waals surface area contributed by atoms with E-state index < -0.39 is 23.4 Å². The highest BCUT2D eigenvalue weighted by Crippen LogP contribution is 2.33. The lowest BCUT2D eigenvalue weighted by Gasteiger charge is -2.21. The second-order valence-corrected chi connectivity index (χ2v) is 8.04. The van der Waals surface area contributed by atoms with Crippen molar-refractivity contribution in [3.8, 4) is 16.9 Å². The van der Waals surface area contributed by atoms with Crippen molar-refractivity contribution in [3.63, 3.8) is 0 Å². The first-order valence-corrected chi connectivity index (χ1v) is 10.5. The summed E-state index contributed by atoms with van der Waals surface area (Å²) in [5.41, 5.74) is 2.89. The van der Waals surface area contributed by atoms with Gasteiger partial charge in [-0.15, -0.1) is 8.78 Å². The van der Waals surface area contributed by atoms with Crippen LogP contribution in [0, 0.1) is 5.82 Å². The summed E-state index contributed by atoms with van der Waals surface area (Å²) in [4.78, 5) is 22.9. The van der Waals surface area contributed by atoms with Crippen molar-refractivity contribution in [3.05, 3.63) is 60.2 Å². The van der Waals surface area contributed by atoms with E-state index in [9.17, 15) is 23.1 Å². The predicted octanol–water partition coefficient (Wildman–Crippen LogP) is 3.86. The van der Waals surface area contributed by atoms with Gasteiger partial charge in [0.05, 0.1) is 11.7 Å². The average molecular weight is 494 g/mol. The molecule has 3 aromatic rings. The minimum atomic E-state index is -3.85. The van der Waals surface area contributed by atoms with Gasteiger partial charge >= 0.3 is 5.57 Å². The monoisotopic (exact) mass is 493 g/mol. The zero-order valence-corrected chi connectivity index (χ0v) is 18.3. The second-order valence-electron chi connectivity index (χ2n) is 7.60. The molecule has 178 valence electrons. The highest BCUT2D eigenvalue weighted by molar-refractivity contribution is 6.20. The number of nitrogen functional groups attached to an aromatic ring is 1. The maximum absolute atomic E-state index is 14.1. The van der Waals surface area contributed by atoms with Crippen LogP contribution in [-0.4, -0.2) is 45.7 Å². The molecule has 4 N–H and O–H groups in total. The number of benzene rings is 1. The van der Waals surface area contributed by atoms with Crippen LogP contribution in [-0.2, 0) is 0 Å². The van der Waals surface area contributed by atoms with E-state index in [1.54, 1.807) is 0 Å². The summed E-state index contributed by atoms with van der Waals surface area (Å²) in [6.07, 6.45) is 2.75. The normalized spacial score (nSPS) is 15.9. The molecule has 2 aromatic heterocycles. The minimum absolute atomic E-state index is 0.156. The fraction of sp³-hybridized carbons (Fsp3) is 0.227. The van der Waals surface area contributed by atoms with Gasteiger partial charge < -0.3 is 25.8 Å². The van der Waals surface area contributed by atoms with Crippen LogP contribution in [0.25, 0.3) is 11.1 Å². The Morgan fingerprint density at radius 1 is 1.24 bits per heavy atom. The Hall–Kier alpha value is -3.57. The van der Waals surface area contributed by atoms with E-state index in [0.717, 1.165) is 0 Å². The molecule has 8 nitrogen and oxygen atoms in total. The summed E-state index contributed by atoms with van der Waals surface area (Å²) >= 11 is 4.74. The number of hydrogen-bond acceptors (Lipinski definition) is 7. The van der Waals surface area contributed by atoms with E-state index in [-0.39, 0.29) is 17.1 Å². The third-order valence-electron chi connectivity index (χ3n) is 5.12. The molecule has 0 bridgehead atoms. The summed E-state index contributed by atoms with van der Waals surface area (Å²) in [6, 6.07) is 7.90. The third kappa shape index (κ3) is 5.49. The Morgan fingerprint density at radius 2 is 1.97 bits per heavy atom. The lowest BCUT2D eigenvalue weighted by atomic mass is 10.1. The maximum Gasteiger partial charge on any atom is 0.487 e. The van der Waals surface area contributed by atoms with Crippen LogP contribution in [0.2, 0.25) is 0 Å². The number of halogens is 4. The van der Waals surface area contributed by atoms with Gasteiger partial charge in [0.25, 0.3) is 5.91 Å². The number of ether oxygens (including phenoxy) is 1. The van der Waals surface area contributed by atoms with E-state index in [0.29, 0.717) is 42.1 Å².